The lowest BCUT2D eigenvalue weighted by molar-refractivity contribution is -0.140. The number of alkyl halides is 2. The van der Waals surface area contributed by atoms with Crippen molar-refractivity contribution in [2.24, 2.45) is 0 Å². The fraction of sp³-hybridized carbons (Fsp3) is 0.556. The quantitative estimate of drug-likeness (QED) is 0.635. The molecule has 1 rings (SSSR count). The molecule has 0 saturated heterocycles. The molecule has 0 radical (unpaired) electrons. The van der Waals surface area contributed by atoms with Gasteiger partial charge in [-0.25, -0.2) is 4.39 Å². The Balaban J connectivity index is 2.39. The molecule has 0 aromatic carbocycles. The number of halogens is 2. The highest BCUT2D eigenvalue weighted by atomic mass is 35.5. The van der Waals surface area contributed by atoms with Gasteiger partial charge in [0.25, 0.3) is 11.5 Å². The van der Waals surface area contributed by atoms with Crippen molar-refractivity contribution >= 4 is 39.9 Å². The van der Waals surface area contributed by atoms with Crippen LogP contribution in [0.5, 0.6) is 0 Å². The molecule has 9 heteroatoms. The minimum atomic E-state index is -2.11. The summed E-state index contributed by atoms with van der Waals surface area (Å²) in [7, 11) is 1.32. The van der Waals surface area contributed by atoms with E-state index in [1.165, 1.54) is 7.11 Å². The molecule has 1 N–H and O–H groups in total. The number of rotatable bonds is 6. The number of carbonyl (C=O) groups is 2. The van der Waals surface area contributed by atoms with Gasteiger partial charge in [0.15, 0.2) is 0 Å². The first-order valence-corrected chi connectivity index (χ1v) is 6.26. The molecule has 1 heterocycles. The minimum absolute atomic E-state index is 0.177. The number of amides is 1. The maximum atomic E-state index is 12.4. The van der Waals surface area contributed by atoms with Gasteiger partial charge in [0.1, 0.15) is 5.01 Å². The van der Waals surface area contributed by atoms with E-state index in [0.717, 1.165) is 11.3 Å². The van der Waals surface area contributed by atoms with Crippen LogP contribution < -0.4 is 5.32 Å². The molecular formula is C9H11ClFN3O3S. The molecule has 100 valence electrons. The summed E-state index contributed by atoms with van der Waals surface area (Å²) in [6.45, 7) is 0. The Bertz CT molecular complexity index is 427. The van der Waals surface area contributed by atoms with Crippen LogP contribution in [0, 0.1) is 0 Å². The number of esters is 1. The van der Waals surface area contributed by atoms with E-state index in [4.69, 9.17) is 11.6 Å². The van der Waals surface area contributed by atoms with Gasteiger partial charge in [0, 0.05) is 12.8 Å². The summed E-state index contributed by atoms with van der Waals surface area (Å²) in [6.07, 6.45) is 1.38. The fourth-order valence-corrected chi connectivity index (χ4v) is 1.89. The summed E-state index contributed by atoms with van der Waals surface area (Å²) in [6, 6.07) is 0. The van der Waals surface area contributed by atoms with Gasteiger partial charge in [-0.1, -0.05) is 22.9 Å². The molecular weight excluding hydrogens is 285 g/mol. The molecule has 0 aliphatic heterocycles. The van der Waals surface area contributed by atoms with Crippen LogP contribution in [0.1, 0.15) is 17.8 Å². The summed E-state index contributed by atoms with van der Waals surface area (Å²) in [5.74, 6) is -1.27. The van der Waals surface area contributed by atoms with Gasteiger partial charge >= 0.3 is 5.97 Å². The predicted molar refractivity (Wildman–Crippen MR) is 64.2 cm³/mol. The second-order valence-corrected chi connectivity index (χ2v) is 4.67. The van der Waals surface area contributed by atoms with E-state index in [1.54, 1.807) is 0 Å². The lowest BCUT2D eigenvalue weighted by Gasteiger charge is -1.98. The highest BCUT2D eigenvalue weighted by molar-refractivity contribution is 7.15. The number of aryl methyl sites for hydroxylation is 1. The van der Waals surface area contributed by atoms with Crippen molar-refractivity contribution in [3.8, 4) is 0 Å². The molecule has 1 unspecified atom stereocenters. The molecule has 1 atom stereocenters. The molecule has 0 aliphatic carbocycles. The van der Waals surface area contributed by atoms with Crippen molar-refractivity contribution in [2.45, 2.75) is 24.9 Å². The first kappa shape index (κ1) is 14.8. The topological polar surface area (TPSA) is 81.2 Å². The third kappa shape index (κ3) is 4.92. The maximum absolute atomic E-state index is 12.4. The standard InChI is InChI=1S/C9H11ClFN3O3S/c1-17-6(15)4-2-3-5-13-14-9(18-5)12-8(16)7(10)11/h7H,2-4H2,1H3,(H,12,14,16). The smallest absolute Gasteiger partial charge is 0.305 e. The van der Waals surface area contributed by atoms with Crippen LogP contribution in [0.2, 0.25) is 0 Å². The number of aromatic nitrogens is 2. The molecule has 1 aromatic rings. The summed E-state index contributed by atoms with van der Waals surface area (Å²) in [5.41, 5.74) is -2.11. The van der Waals surface area contributed by atoms with Crippen molar-refractivity contribution in [3.05, 3.63) is 5.01 Å². The summed E-state index contributed by atoms with van der Waals surface area (Å²) in [5, 5.41) is 10.4. The number of anilines is 1. The lowest BCUT2D eigenvalue weighted by atomic mass is 10.2. The van der Waals surface area contributed by atoms with E-state index >= 15 is 0 Å². The monoisotopic (exact) mass is 295 g/mol. The van der Waals surface area contributed by atoms with Gasteiger partial charge in [-0.3, -0.25) is 14.9 Å². The van der Waals surface area contributed by atoms with Gasteiger partial charge in [-0.05, 0) is 6.42 Å². The molecule has 1 amide bonds. The molecule has 0 saturated carbocycles. The van der Waals surface area contributed by atoms with E-state index in [9.17, 15) is 14.0 Å². The molecule has 18 heavy (non-hydrogen) atoms. The zero-order valence-electron chi connectivity index (χ0n) is 9.48. The van der Waals surface area contributed by atoms with Gasteiger partial charge in [0.05, 0.1) is 7.11 Å². The first-order valence-electron chi connectivity index (χ1n) is 5.01. The highest BCUT2D eigenvalue weighted by Crippen LogP contribution is 2.18. The minimum Gasteiger partial charge on any atom is -0.469 e. The van der Waals surface area contributed by atoms with E-state index in [1.807, 2.05) is 0 Å². The first-order chi connectivity index (χ1) is 8.52. The predicted octanol–water partition coefficient (Wildman–Crippen LogP) is 1.51. The molecule has 1 aromatic heterocycles. The van der Waals surface area contributed by atoms with Crippen molar-refractivity contribution < 1.29 is 18.7 Å². The van der Waals surface area contributed by atoms with Crippen molar-refractivity contribution in [3.63, 3.8) is 0 Å². The molecule has 0 fully saturated rings. The Morgan fingerprint density at radius 1 is 1.56 bits per heavy atom. The zero-order chi connectivity index (χ0) is 13.5. The number of methoxy groups -OCH3 is 1. The van der Waals surface area contributed by atoms with Gasteiger partial charge in [0.2, 0.25) is 5.13 Å². The summed E-state index contributed by atoms with van der Waals surface area (Å²) in [4.78, 5) is 21.8. The third-order valence-electron chi connectivity index (χ3n) is 1.89. The molecule has 0 spiro atoms. The Morgan fingerprint density at radius 2 is 2.28 bits per heavy atom. The van der Waals surface area contributed by atoms with Crippen LogP contribution in [0.4, 0.5) is 9.52 Å². The second-order valence-electron chi connectivity index (χ2n) is 3.22. The SMILES string of the molecule is COC(=O)CCCc1nnc(NC(=O)C(F)Cl)s1. The average Bonchev–Trinajstić information content (AvgIpc) is 2.76. The zero-order valence-corrected chi connectivity index (χ0v) is 11.1. The number of hydrogen-bond donors (Lipinski definition) is 1. The van der Waals surface area contributed by atoms with Crippen LogP contribution >= 0.6 is 22.9 Å². The van der Waals surface area contributed by atoms with Crippen LogP contribution in [-0.2, 0) is 20.7 Å². The second kappa shape index (κ2) is 7.22. The average molecular weight is 296 g/mol. The Morgan fingerprint density at radius 3 is 2.89 bits per heavy atom. The van der Waals surface area contributed by atoms with Gasteiger partial charge < -0.3 is 4.74 Å². The van der Waals surface area contributed by atoms with Crippen molar-refractivity contribution in [2.75, 3.05) is 12.4 Å². The van der Waals surface area contributed by atoms with E-state index in [-0.39, 0.29) is 17.5 Å². The lowest BCUT2D eigenvalue weighted by Crippen LogP contribution is -2.19. The van der Waals surface area contributed by atoms with E-state index < -0.39 is 11.5 Å². The maximum Gasteiger partial charge on any atom is 0.305 e. The summed E-state index contributed by atoms with van der Waals surface area (Å²) < 4.78 is 16.9. The fourth-order valence-electron chi connectivity index (χ4n) is 1.05. The Kier molecular flexibility index (Phi) is 5.93. The van der Waals surface area contributed by atoms with Gasteiger partial charge in [-0.2, -0.15) is 0 Å². The molecule has 6 nitrogen and oxygen atoms in total. The number of nitrogens with zero attached hydrogens (tertiary/aromatic N) is 2. The van der Waals surface area contributed by atoms with E-state index in [0.29, 0.717) is 17.8 Å². The van der Waals surface area contributed by atoms with Gasteiger partial charge in [-0.15, -0.1) is 10.2 Å². The largest absolute Gasteiger partial charge is 0.469 e. The number of hydrogen-bond acceptors (Lipinski definition) is 6. The van der Waals surface area contributed by atoms with Crippen LogP contribution in [0.25, 0.3) is 0 Å². The number of carbonyl (C=O) groups excluding carboxylic acids is 2. The summed E-state index contributed by atoms with van der Waals surface area (Å²) >= 11 is 6.05. The number of nitrogens with one attached hydrogen (secondary N) is 1. The van der Waals surface area contributed by atoms with Crippen LogP contribution in [0.15, 0.2) is 0 Å². The van der Waals surface area contributed by atoms with E-state index in [2.05, 4.69) is 20.3 Å². The Labute approximate surface area is 111 Å². The third-order valence-corrected chi connectivity index (χ3v) is 2.99. The normalized spacial score (nSPS) is 11.9. The van der Waals surface area contributed by atoms with Crippen LogP contribution in [-0.4, -0.2) is 34.8 Å². The number of ether oxygens (including phenoxy) is 1. The van der Waals surface area contributed by atoms with Crippen molar-refractivity contribution in [1.29, 1.82) is 0 Å². The Hall–Kier alpha value is -1.28. The van der Waals surface area contributed by atoms with Crippen LogP contribution in [0.3, 0.4) is 0 Å². The molecule has 0 aliphatic rings. The van der Waals surface area contributed by atoms with Crippen molar-refractivity contribution in [1.82, 2.24) is 10.2 Å². The molecule has 0 bridgehead atoms. The highest BCUT2D eigenvalue weighted by Gasteiger charge is 2.15.